The van der Waals surface area contributed by atoms with Crippen LogP contribution in [0.1, 0.15) is 61.6 Å². The van der Waals surface area contributed by atoms with Crippen LogP contribution in [0.2, 0.25) is 0 Å². The maximum absolute atomic E-state index is 12.9. The second kappa shape index (κ2) is 7.23. The molecule has 6 heteroatoms. The van der Waals surface area contributed by atoms with Crippen molar-refractivity contribution in [2.75, 3.05) is 26.2 Å². The van der Waals surface area contributed by atoms with Crippen molar-refractivity contribution < 1.29 is 9.90 Å². The highest BCUT2D eigenvalue weighted by Crippen LogP contribution is 2.24. The van der Waals surface area contributed by atoms with E-state index >= 15 is 0 Å². The topological polar surface area (TPSA) is 61.6 Å². The number of aromatic nitrogens is 2. The molecule has 2 saturated heterocycles. The van der Waals surface area contributed by atoms with Crippen LogP contribution in [0.4, 0.5) is 0 Å². The number of likely N-dealkylation sites (tertiary alicyclic amines) is 2. The molecule has 2 fully saturated rings. The number of aliphatic hydroxyl groups is 1. The Labute approximate surface area is 144 Å². The van der Waals surface area contributed by atoms with Gasteiger partial charge in [-0.2, -0.15) is 5.10 Å². The number of carbonyl (C=O) groups is 1. The van der Waals surface area contributed by atoms with Gasteiger partial charge in [-0.1, -0.05) is 13.8 Å². The highest BCUT2D eigenvalue weighted by atomic mass is 16.3. The zero-order valence-electron chi connectivity index (χ0n) is 15.1. The van der Waals surface area contributed by atoms with E-state index < -0.39 is 0 Å². The number of hydrogen-bond acceptors (Lipinski definition) is 4. The molecule has 2 aliphatic rings. The van der Waals surface area contributed by atoms with Gasteiger partial charge in [0, 0.05) is 37.9 Å². The molecule has 0 bridgehead atoms. The van der Waals surface area contributed by atoms with Crippen LogP contribution in [-0.2, 0) is 0 Å². The number of amides is 1. The normalized spacial score (nSPS) is 25.1. The van der Waals surface area contributed by atoms with Gasteiger partial charge in [0.15, 0.2) is 0 Å². The lowest BCUT2D eigenvalue weighted by Gasteiger charge is -2.23. The summed E-state index contributed by atoms with van der Waals surface area (Å²) in [5.41, 5.74) is 1.72. The van der Waals surface area contributed by atoms with Gasteiger partial charge >= 0.3 is 0 Å². The summed E-state index contributed by atoms with van der Waals surface area (Å²) in [6.45, 7) is 9.58. The average molecular weight is 334 g/mol. The fourth-order valence-electron chi connectivity index (χ4n) is 4.13. The fraction of sp³-hybridized carbons (Fsp3) is 0.778. The van der Waals surface area contributed by atoms with E-state index in [0.29, 0.717) is 12.1 Å². The second-order valence-electron chi connectivity index (χ2n) is 7.19. The van der Waals surface area contributed by atoms with Crippen molar-refractivity contribution in [3.05, 3.63) is 17.5 Å². The summed E-state index contributed by atoms with van der Waals surface area (Å²) in [7, 11) is 0. The molecule has 0 saturated carbocycles. The van der Waals surface area contributed by atoms with Crippen molar-refractivity contribution in [2.24, 2.45) is 0 Å². The zero-order chi connectivity index (χ0) is 17.3. The summed E-state index contributed by atoms with van der Waals surface area (Å²) < 4.78 is 2.01. The Hall–Kier alpha value is -1.40. The number of rotatable bonds is 5. The van der Waals surface area contributed by atoms with Crippen LogP contribution in [-0.4, -0.2) is 68.9 Å². The predicted molar refractivity (Wildman–Crippen MR) is 93.1 cm³/mol. The van der Waals surface area contributed by atoms with Crippen molar-refractivity contribution in [1.29, 1.82) is 0 Å². The second-order valence-corrected chi connectivity index (χ2v) is 7.19. The molecular weight excluding hydrogens is 304 g/mol. The van der Waals surface area contributed by atoms with Gasteiger partial charge in [0.05, 0.1) is 23.9 Å². The Morgan fingerprint density at radius 3 is 2.67 bits per heavy atom. The minimum Gasteiger partial charge on any atom is -0.392 e. The van der Waals surface area contributed by atoms with E-state index in [0.717, 1.165) is 63.1 Å². The quantitative estimate of drug-likeness (QED) is 0.892. The third-order valence-corrected chi connectivity index (χ3v) is 5.73. The molecule has 3 heterocycles. The molecule has 0 radical (unpaired) electrons. The van der Waals surface area contributed by atoms with Crippen molar-refractivity contribution in [1.82, 2.24) is 19.6 Å². The third-order valence-electron chi connectivity index (χ3n) is 5.73. The Balaban J connectivity index is 1.67. The van der Waals surface area contributed by atoms with Gasteiger partial charge in [-0.15, -0.1) is 0 Å². The Kier molecular flexibility index (Phi) is 5.25. The van der Waals surface area contributed by atoms with Gasteiger partial charge in [0.2, 0.25) is 0 Å². The average Bonchev–Trinajstić information content (AvgIpc) is 3.29. The summed E-state index contributed by atoms with van der Waals surface area (Å²) in [4.78, 5) is 17.2. The molecule has 1 amide bonds. The Morgan fingerprint density at radius 2 is 2.04 bits per heavy atom. The highest BCUT2D eigenvalue weighted by molar-refractivity contribution is 5.95. The van der Waals surface area contributed by atoms with E-state index in [-0.39, 0.29) is 12.0 Å². The number of β-amino-alcohol motifs (C(OH)–C–C–N with tert-alkyl or cyclic N) is 1. The van der Waals surface area contributed by atoms with Crippen LogP contribution in [0.3, 0.4) is 0 Å². The standard InChI is InChI=1S/C18H30N4O2/c1-4-14(5-2)22-13(3)17(10-19-22)18(24)21-8-6-15(11-21)20-9-7-16(23)12-20/h10,14-16,23H,4-9,11-12H2,1-3H3/t15-,16-/m0/s1. The van der Waals surface area contributed by atoms with Crippen LogP contribution >= 0.6 is 0 Å². The van der Waals surface area contributed by atoms with E-state index in [4.69, 9.17) is 0 Å². The number of nitrogens with zero attached hydrogens (tertiary/aromatic N) is 4. The zero-order valence-corrected chi connectivity index (χ0v) is 15.1. The molecule has 2 aliphatic heterocycles. The van der Waals surface area contributed by atoms with Gasteiger partial charge in [0.25, 0.3) is 5.91 Å². The molecule has 1 aromatic rings. The first kappa shape index (κ1) is 17.4. The first-order valence-electron chi connectivity index (χ1n) is 9.30. The maximum atomic E-state index is 12.9. The van der Waals surface area contributed by atoms with E-state index in [1.165, 1.54) is 0 Å². The minimum absolute atomic E-state index is 0.104. The summed E-state index contributed by atoms with van der Waals surface area (Å²) >= 11 is 0. The molecule has 0 unspecified atom stereocenters. The molecule has 6 nitrogen and oxygen atoms in total. The Morgan fingerprint density at radius 1 is 1.29 bits per heavy atom. The van der Waals surface area contributed by atoms with E-state index in [1.807, 2.05) is 16.5 Å². The third kappa shape index (κ3) is 3.22. The monoisotopic (exact) mass is 334 g/mol. The lowest BCUT2D eigenvalue weighted by Crippen LogP contribution is -2.38. The number of hydrogen-bond donors (Lipinski definition) is 1. The molecule has 0 spiro atoms. The number of aliphatic hydroxyl groups excluding tert-OH is 1. The smallest absolute Gasteiger partial charge is 0.257 e. The highest BCUT2D eigenvalue weighted by Gasteiger charge is 2.35. The Bertz CT molecular complexity index is 582. The van der Waals surface area contributed by atoms with Gasteiger partial charge in [-0.3, -0.25) is 14.4 Å². The van der Waals surface area contributed by atoms with Gasteiger partial charge in [-0.05, 0) is 32.6 Å². The number of carbonyl (C=O) groups excluding carboxylic acids is 1. The van der Waals surface area contributed by atoms with Crippen molar-refractivity contribution in [3.8, 4) is 0 Å². The van der Waals surface area contributed by atoms with E-state index in [1.54, 1.807) is 6.20 Å². The first-order valence-corrected chi connectivity index (χ1v) is 9.30. The molecular formula is C18H30N4O2. The van der Waals surface area contributed by atoms with Crippen LogP contribution < -0.4 is 0 Å². The molecule has 0 aromatic carbocycles. The molecule has 2 atom stereocenters. The predicted octanol–water partition coefficient (Wildman–Crippen LogP) is 1.83. The molecule has 1 N–H and O–H groups in total. The molecule has 24 heavy (non-hydrogen) atoms. The summed E-state index contributed by atoms with van der Waals surface area (Å²) in [5, 5.41) is 14.2. The van der Waals surface area contributed by atoms with Gasteiger partial charge in [0.1, 0.15) is 0 Å². The van der Waals surface area contributed by atoms with Crippen LogP contribution in [0, 0.1) is 6.92 Å². The van der Waals surface area contributed by atoms with E-state index in [9.17, 15) is 9.90 Å². The largest absolute Gasteiger partial charge is 0.392 e. The lowest BCUT2D eigenvalue weighted by atomic mass is 10.1. The summed E-state index contributed by atoms with van der Waals surface area (Å²) in [5.74, 6) is 0.104. The lowest BCUT2D eigenvalue weighted by molar-refractivity contribution is 0.0777. The van der Waals surface area contributed by atoms with Gasteiger partial charge in [-0.25, -0.2) is 0 Å². The first-order chi connectivity index (χ1) is 11.5. The van der Waals surface area contributed by atoms with Crippen molar-refractivity contribution >= 4 is 5.91 Å². The maximum Gasteiger partial charge on any atom is 0.257 e. The summed E-state index contributed by atoms with van der Waals surface area (Å²) in [6, 6.07) is 0.754. The molecule has 1 aromatic heterocycles. The van der Waals surface area contributed by atoms with Crippen LogP contribution in [0.5, 0.6) is 0 Å². The fourth-order valence-corrected chi connectivity index (χ4v) is 4.13. The minimum atomic E-state index is -0.199. The van der Waals surface area contributed by atoms with E-state index in [2.05, 4.69) is 23.8 Å². The molecule has 134 valence electrons. The molecule has 0 aliphatic carbocycles. The van der Waals surface area contributed by atoms with Gasteiger partial charge < -0.3 is 10.0 Å². The SMILES string of the molecule is CCC(CC)n1ncc(C(=O)N2CC[C@H](N3CC[C@H](O)C3)C2)c1C. The van der Waals surface area contributed by atoms with Crippen molar-refractivity contribution in [2.45, 2.75) is 64.6 Å². The van der Waals surface area contributed by atoms with Crippen molar-refractivity contribution in [3.63, 3.8) is 0 Å². The summed E-state index contributed by atoms with van der Waals surface area (Å²) in [6.07, 6.45) is 5.44. The molecule has 3 rings (SSSR count). The van der Waals surface area contributed by atoms with Crippen LogP contribution in [0.15, 0.2) is 6.20 Å². The van der Waals surface area contributed by atoms with Crippen LogP contribution in [0.25, 0.3) is 0 Å².